The Bertz CT molecular complexity index is 469. The van der Waals surface area contributed by atoms with Gasteiger partial charge in [-0.3, -0.25) is 9.36 Å². The maximum atomic E-state index is 11.5. The van der Waals surface area contributed by atoms with Crippen LogP contribution in [-0.4, -0.2) is 44.2 Å². The van der Waals surface area contributed by atoms with Crippen molar-refractivity contribution in [1.29, 1.82) is 0 Å². The lowest BCUT2D eigenvalue weighted by Crippen LogP contribution is -2.39. The van der Waals surface area contributed by atoms with Crippen molar-refractivity contribution in [3.8, 4) is 0 Å². The van der Waals surface area contributed by atoms with Crippen LogP contribution in [0.5, 0.6) is 0 Å². The van der Waals surface area contributed by atoms with Crippen LogP contribution in [0, 0.1) is 0 Å². The Hall–Kier alpha value is -1.28. The van der Waals surface area contributed by atoms with Crippen LogP contribution in [0.25, 0.3) is 0 Å². The van der Waals surface area contributed by atoms with Crippen LogP contribution < -0.4 is 11.0 Å². The Balaban J connectivity index is 2.69. The summed E-state index contributed by atoms with van der Waals surface area (Å²) in [4.78, 5) is 22.6. The molecule has 1 aromatic rings. The number of nitrogens with zero attached hydrogens (tertiary/aromatic N) is 2. The van der Waals surface area contributed by atoms with Gasteiger partial charge in [-0.2, -0.15) is 0 Å². The van der Waals surface area contributed by atoms with E-state index in [0.29, 0.717) is 17.5 Å². The molecule has 0 aliphatic rings. The molecule has 0 aliphatic carbocycles. The SMILES string of the molecule is CCCNC(CSc1n[nH]c(=O)n1C(C)C)C(=O)O. The molecular weight excluding hydrogens is 268 g/mol. The van der Waals surface area contributed by atoms with Crippen molar-refractivity contribution in [3.05, 3.63) is 10.5 Å². The summed E-state index contributed by atoms with van der Waals surface area (Å²) in [7, 11) is 0. The monoisotopic (exact) mass is 288 g/mol. The molecule has 1 atom stereocenters. The van der Waals surface area contributed by atoms with E-state index in [4.69, 9.17) is 5.11 Å². The van der Waals surface area contributed by atoms with Gasteiger partial charge in [-0.05, 0) is 26.8 Å². The topological polar surface area (TPSA) is 100 Å². The summed E-state index contributed by atoms with van der Waals surface area (Å²) < 4.78 is 1.52. The van der Waals surface area contributed by atoms with Gasteiger partial charge in [0.05, 0.1) is 0 Å². The zero-order chi connectivity index (χ0) is 14.4. The molecule has 0 bridgehead atoms. The largest absolute Gasteiger partial charge is 0.480 e. The highest BCUT2D eigenvalue weighted by atomic mass is 32.2. The van der Waals surface area contributed by atoms with Gasteiger partial charge in [0.1, 0.15) is 6.04 Å². The van der Waals surface area contributed by atoms with E-state index in [0.717, 1.165) is 6.42 Å². The van der Waals surface area contributed by atoms with Crippen LogP contribution in [0.3, 0.4) is 0 Å². The number of carbonyl (C=O) groups is 1. The molecule has 3 N–H and O–H groups in total. The third-order valence-corrected chi connectivity index (χ3v) is 3.55. The average Bonchev–Trinajstić information content (AvgIpc) is 2.70. The zero-order valence-electron chi connectivity index (χ0n) is 11.3. The summed E-state index contributed by atoms with van der Waals surface area (Å²) in [6.45, 7) is 6.38. The number of hydrogen-bond acceptors (Lipinski definition) is 5. The minimum atomic E-state index is -0.894. The second-order valence-corrected chi connectivity index (χ2v) is 5.42. The summed E-state index contributed by atoms with van der Waals surface area (Å²) in [5.41, 5.74) is -0.272. The minimum Gasteiger partial charge on any atom is -0.480 e. The Morgan fingerprint density at radius 1 is 1.58 bits per heavy atom. The van der Waals surface area contributed by atoms with Crippen molar-refractivity contribution in [3.63, 3.8) is 0 Å². The van der Waals surface area contributed by atoms with Crippen LogP contribution >= 0.6 is 11.8 Å². The predicted molar refractivity (Wildman–Crippen MR) is 73.7 cm³/mol. The molecule has 1 aromatic heterocycles. The van der Waals surface area contributed by atoms with Crippen molar-refractivity contribution >= 4 is 17.7 Å². The second kappa shape index (κ2) is 7.34. The van der Waals surface area contributed by atoms with Gasteiger partial charge in [0.15, 0.2) is 5.16 Å². The lowest BCUT2D eigenvalue weighted by molar-refractivity contribution is -0.138. The molecule has 1 rings (SSSR count). The van der Waals surface area contributed by atoms with Gasteiger partial charge < -0.3 is 10.4 Å². The molecule has 0 amide bonds. The maximum Gasteiger partial charge on any atom is 0.344 e. The van der Waals surface area contributed by atoms with Crippen LogP contribution in [0.15, 0.2) is 9.95 Å². The highest BCUT2D eigenvalue weighted by Crippen LogP contribution is 2.17. The maximum absolute atomic E-state index is 11.5. The number of nitrogens with one attached hydrogen (secondary N) is 2. The first-order valence-corrected chi connectivity index (χ1v) is 7.21. The molecule has 0 spiro atoms. The molecule has 7 nitrogen and oxygen atoms in total. The van der Waals surface area contributed by atoms with Gasteiger partial charge in [-0.1, -0.05) is 18.7 Å². The number of rotatable bonds is 8. The van der Waals surface area contributed by atoms with Gasteiger partial charge in [0, 0.05) is 11.8 Å². The summed E-state index contributed by atoms with van der Waals surface area (Å²) in [5, 5.41) is 18.9. The molecule has 0 saturated heterocycles. The molecule has 19 heavy (non-hydrogen) atoms. The molecule has 1 unspecified atom stereocenters. The average molecular weight is 288 g/mol. The Morgan fingerprint density at radius 2 is 2.26 bits per heavy atom. The van der Waals surface area contributed by atoms with Crippen molar-refractivity contribution < 1.29 is 9.90 Å². The normalized spacial score (nSPS) is 12.8. The zero-order valence-corrected chi connectivity index (χ0v) is 12.2. The number of carboxylic acid groups (broad SMARTS) is 1. The van der Waals surface area contributed by atoms with Gasteiger partial charge in [0.25, 0.3) is 0 Å². The molecule has 1 heterocycles. The molecule has 8 heteroatoms. The first-order valence-electron chi connectivity index (χ1n) is 6.23. The molecule has 0 aromatic carbocycles. The van der Waals surface area contributed by atoms with Crippen LogP contribution in [0.4, 0.5) is 0 Å². The minimum absolute atomic E-state index is 0.0133. The lowest BCUT2D eigenvalue weighted by Gasteiger charge is -2.14. The molecule has 0 saturated carbocycles. The predicted octanol–water partition coefficient (Wildman–Crippen LogP) is 0.697. The lowest BCUT2D eigenvalue weighted by atomic mass is 10.3. The third-order valence-electron chi connectivity index (χ3n) is 2.51. The van der Waals surface area contributed by atoms with Gasteiger partial charge >= 0.3 is 11.7 Å². The van der Waals surface area contributed by atoms with Gasteiger partial charge in [-0.25, -0.2) is 9.89 Å². The van der Waals surface area contributed by atoms with E-state index < -0.39 is 12.0 Å². The van der Waals surface area contributed by atoms with Gasteiger partial charge in [-0.15, -0.1) is 5.10 Å². The van der Waals surface area contributed by atoms with Crippen molar-refractivity contribution in [2.75, 3.05) is 12.3 Å². The number of thioether (sulfide) groups is 1. The fourth-order valence-electron chi connectivity index (χ4n) is 1.54. The van der Waals surface area contributed by atoms with Crippen LogP contribution in [-0.2, 0) is 4.79 Å². The highest BCUT2D eigenvalue weighted by Gasteiger charge is 2.19. The van der Waals surface area contributed by atoms with E-state index in [1.807, 2.05) is 20.8 Å². The Labute approximate surface area is 115 Å². The summed E-state index contributed by atoms with van der Waals surface area (Å²) in [6, 6.07) is -0.655. The summed E-state index contributed by atoms with van der Waals surface area (Å²) in [6.07, 6.45) is 0.869. The highest BCUT2D eigenvalue weighted by molar-refractivity contribution is 7.99. The fraction of sp³-hybridized carbons (Fsp3) is 0.727. The number of aliphatic carboxylic acids is 1. The molecule has 0 radical (unpaired) electrons. The van der Waals surface area contributed by atoms with Crippen LogP contribution in [0.1, 0.15) is 33.2 Å². The van der Waals surface area contributed by atoms with Crippen LogP contribution in [0.2, 0.25) is 0 Å². The first-order chi connectivity index (χ1) is 8.97. The number of H-pyrrole nitrogens is 1. The molecular formula is C11H20N4O3S. The number of hydrogen-bond donors (Lipinski definition) is 3. The standard InChI is InChI=1S/C11H20N4O3S/c1-4-5-12-8(9(16)17)6-19-11-14-13-10(18)15(11)7(2)3/h7-8,12H,4-6H2,1-3H3,(H,13,18)(H,16,17). The third kappa shape index (κ3) is 4.39. The van der Waals surface area contributed by atoms with Gasteiger partial charge in [0.2, 0.25) is 0 Å². The molecule has 108 valence electrons. The molecule has 0 fully saturated rings. The van der Waals surface area contributed by atoms with Crippen molar-refractivity contribution in [2.45, 2.75) is 44.4 Å². The van der Waals surface area contributed by atoms with Crippen molar-refractivity contribution in [1.82, 2.24) is 20.1 Å². The summed E-state index contributed by atoms with van der Waals surface area (Å²) in [5.74, 6) is -0.568. The van der Waals surface area contributed by atoms with E-state index in [2.05, 4.69) is 15.5 Å². The van der Waals surface area contributed by atoms with E-state index in [9.17, 15) is 9.59 Å². The van der Waals surface area contributed by atoms with E-state index in [1.165, 1.54) is 16.3 Å². The number of aromatic amines is 1. The second-order valence-electron chi connectivity index (χ2n) is 4.43. The van der Waals surface area contributed by atoms with Crippen molar-refractivity contribution in [2.24, 2.45) is 0 Å². The fourth-order valence-corrected chi connectivity index (χ4v) is 2.66. The molecule has 0 aliphatic heterocycles. The Kier molecular flexibility index (Phi) is 6.10. The number of aromatic nitrogens is 3. The summed E-state index contributed by atoms with van der Waals surface area (Å²) >= 11 is 1.26. The quantitative estimate of drug-likeness (QED) is 0.609. The van der Waals surface area contributed by atoms with E-state index >= 15 is 0 Å². The Morgan fingerprint density at radius 3 is 2.79 bits per heavy atom. The van der Waals surface area contributed by atoms with E-state index in [-0.39, 0.29) is 11.7 Å². The smallest absolute Gasteiger partial charge is 0.344 e. The first kappa shape index (κ1) is 15.8. The number of carboxylic acids is 1. The van der Waals surface area contributed by atoms with E-state index in [1.54, 1.807) is 0 Å².